The Morgan fingerprint density at radius 2 is 2.20 bits per heavy atom. The number of carbonyl (C=O) groups excluding carboxylic acids is 1. The van der Waals surface area contributed by atoms with Crippen LogP contribution < -0.4 is 5.32 Å². The molecule has 0 saturated heterocycles. The van der Waals surface area contributed by atoms with Gasteiger partial charge in [-0.1, -0.05) is 0 Å². The fourth-order valence-corrected chi connectivity index (χ4v) is 1.81. The van der Waals surface area contributed by atoms with E-state index in [4.69, 9.17) is 0 Å². The SMILES string of the molecule is CCn1ncc([N+](=O)[O-])c1C(=O)NCc1cnn(C)c1. The quantitative estimate of drug-likeness (QED) is 0.632. The van der Waals surface area contributed by atoms with E-state index in [0.717, 1.165) is 11.8 Å². The van der Waals surface area contributed by atoms with Crippen LogP contribution in [0.3, 0.4) is 0 Å². The molecule has 0 spiro atoms. The average molecular weight is 278 g/mol. The number of hydrogen-bond donors (Lipinski definition) is 1. The van der Waals surface area contributed by atoms with Gasteiger partial charge in [0.25, 0.3) is 5.91 Å². The average Bonchev–Trinajstić information content (AvgIpc) is 3.01. The van der Waals surface area contributed by atoms with Gasteiger partial charge in [0.2, 0.25) is 5.69 Å². The molecule has 0 fully saturated rings. The second-order valence-electron chi connectivity index (χ2n) is 4.16. The third-order valence-electron chi connectivity index (χ3n) is 2.74. The molecular weight excluding hydrogens is 264 g/mol. The zero-order chi connectivity index (χ0) is 14.7. The first-order valence-electron chi connectivity index (χ1n) is 5.98. The van der Waals surface area contributed by atoms with Crippen molar-refractivity contribution in [2.45, 2.75) is 20.0 Å². The van der Waals surface area contributed by atoms with Gasteiger partial charge in [-0.15, -0.1) is 0 Å². The molecular formula is C11H14N6O3. The van der Waals surface area contributed by atoms with Crippen LogP contribution in [0.4, 0.5) is 5.69 Å². The lowest BCUT2D eigenvalue weighted by Crippen LogP contribution is -2.26. The molecule has 0 aliphatic rings. The maximum Gasteiger partial charge on any atom is 0.320 e. The largest absolute Gasteiger partial charge is 0.346 e. The van der Waals surface area contributed by atoms with E-state index in [9.17, 15) is 14.9 Å². The predicted molar refractivity (Wildman–Crippen MR) is 68.9 cm³/mol. The third-order valence-corrected chi connectivity index (χ3v) is 2.74. The highest BCUT2D eigenvalue weighted by atomic mass is 16.6. The smallest absolute Gasteiger partial charge is 0.320 e. The molecule has 9 heteroatoms. The van der Waals surface area contributed by atoms with Crippen molar-refractivity contribution in [3.63, 3.8) is 0 Å². The molecule has 0 radical (unpaired) electrons. The van der Waals surface area contributed by atoms with E-state index >= 15 is 0 Å². The van der Waals surface area contributed by atoms with Crippen LogP contribution in [0, 0.1) is 10.1 Å². The molecule has 20 heavy (non-hydrogen) atoms. The van der Waals surface area contributed by atoms with Crippen LogP contribution in [0.15, 0.2) is 18.6 Å². The van der Waals surface area contributed by atoms with E-state index in [-0.39, 0.29) is 17.9 Å². The van der Waals surface area contributed by atoms with Crippen molar-refractivity contribution >= 4 is 11.6 Å². The van der Waals surface area contributed by atoms with Gasteiger partial charge in [0.1, 0.15) is 6.20 Å². The molecule has 1 N–H and O–H groups in total. The van der Waals surface area contributed by atoms with Crippen LogP contribution in [-0.4, -0.2) is 30.4 Å². The number of carbonyl (C=O) groups is 1. The molecule has 0 aromatic carbocycles. The summed E-state index contributed by atoms with van der Waals surface area (Å²) in [6, 6.07) is 0. The first kappa shape index (κ1) is 13.7. The van der Waals surface area contributed by atoms with Crippen LogP contribution in [-0.2, 0) is 20.1 Å². The zero-order valence-electron chi connectivity index (χ0n) is 11.1. The number of aryl methyl sites for hydroxylation is 2. The van der Waals surface area contributed by atoms with E-state index in [0.29, 0.717) is 6.54 Å². The Morgan fingerprint density at radius 3 is 2.75 bits per heavy atom. The second-order valence-corrected chi connectivity index (χ2v) is 4.16. The number of aromatic nitrogens is 4. The molecule has 0 aliphatic heterocycles. The summed E-state index contributed by atoms with van der Waals surface area (Å²) in [5, 5.41) is 21.3. The van der Waals surface area contributed by atoms with E-state index in [1.165, 1.54) is 4.68 Å². The van der Waals surface area contributed by atoms with Crippen molar-refractivity contribution in [1.82, 2.24) is 24.9 Å². The predicted octanol–water partition coefficient (Wildman–Crippen LogP) is 0.475. The summed E-state index contributed by atoms with van der Waals surface area (Å²) in [5.41, 5.74) is 0.475. The molecule has 2 aromatic heterocycles. The summed E-state index contributed by atoms with van der Waals surface area (Å²) in [6.07, 6.45) is 4.46. The number of amides is 1. The van der Waals surface area contributed by atoms with Gasteiger partial charge in [-0.2, -0.15) is 10.2 Å². The number of rotatable bonds is 5. The van der Waals surface area contributed by atoms with Crippen molar-refractivity contribution in [1.29, 1.82) is 0 Å². The number of nitrogens with zero attached hydrogens (tertiary/aromatic N) is 5. The highest BCUT2D eigenvalue weighted by molar-refractivity contribution is 5.96. The van der Waals surface area contributed by atoms with E-state index in [1.807, 2.05) is 0 Å². The van der Waals surface area contributed by atoms with E-state index < -0.39 is 10.8 Å². The third kappa shape index (κ3) is 2.66. The molecule has 9 nitrogen and oxygen atoms in total. The summed E-state index contributed by atoms with van der Waals surface area (Å²) in [5.74, 6) is -0.528. The Bertz CT molecular complexity index is 644. The summed E-state index contributed by atoms with van der Waals surface area (Å²) in [4.78, 5) is 22.4. The monoisotopic (exact) mass is 278 g/mol. The first-order valence-corrected chi connectivity index (χ1v) is 5.98. The van der Waals surface area contributed by atoms with Crippen molar-refractivity contribution in [2.75, 3.05) is 0 Å². The van der Waals surface area contributed by atoms with Gasteiger partial charge in [-0.3, -0.25) is 24.3 Å². The van der Waals surface area contributed by atoms with Gasteiger partial charge in [0.05, 0.1) is 11.1 Å². The Labute approximate surface area is 114 Å². The number of nitro groups is 1. The fraction of sp³-hybridized carbons (Fsp3) is 0.364. The Morgan fingerprint density at radius 1 is 1.45 bits per heavy atom. The highest BCUT2D eigenvalue weighted by Crippen LogP contribution is 2.17. The minimum absolute atomic E-state index is 0.0404. The molecule has 0 atom stereocenters. The molecule has 2 rings (SSSR count). The van der Waals surface area contributed by atoms with Gasteiger partial charge in [-0.25, -0.2) is 0 Å². The van der Waals surface area contributed by atoms with Crippen LogP contribution in [0.25, 0.3) is 0 Å². The maximum absolute atomic E-state index is 12.1. The molecule has 2 aromatic rings. The minimum atomic E-state index is -0.613. The molecule has 0 unspecified atom stereocenters. The van der Waals surface area contributed by atoms with Crippen molar-refractivity contribution in [3.05, 3.63) is 40.0 Å². The molecule has 0 aliphatic carbocycles. The molecule has 0 bridgehead atoms. The normalized spacial score (nSPS) is 10.5. The Hall–Kier alpha value is -2.71. The second kappa shape index (κ2) is 5.51. The van der Waals surface area contributed by atoms with Crippen molar-refractivity contribution in [3.8, 4) is 0 Å². The van der Waals surface area contributed by atoms with Gasteiger partial charge in [0.15, 0.2) is 0 Å². The first-order chi connectivity index (χ1) is 9.52. The Kier molecular flexibility index (Phi) is 3.78. The lowest BCUT2D eigenvalue weighted by atomic mass is 10.3. The van der Waals surface area contributed by atoms with Crippen molar-refractivity contribution in [2.24, 2.45) is 7.05 Å². The molecule has 106 valence electrons. The van der Waals surface area contributed by atoms with Gasteiger partial charge < -0.3 is 5.32 Å². The number of nitrogens with one attached hydrogen (secondary N) is 1. The zero-order valence-corrected chi connectivity index (χ0v) is 11.1. The van der Waals surface area contributed by atoms with E-state index in [2.05, 4.69) is 15.5 Å². The van der Waals surface area contributed by atoms with Crippen LogP contribution >= 0.6 is 0 Å². The summed E-state index contributed by atoms with van der Waals surface area (Å²) < 4.78 is 2.91. The topological polar surface area (TPSA) is 108 Å². The summed E-state index contributed by atoms with van der Waals surface area (Å²) in [7, 11) is 1.77. The maximum atomic E-state index is 12.1. The molecule has 1 amide bonds. The standard InChI is InChI=1S/C11H14N6O3/c1-3-16-10(9(6-14-16)17(19)20)11(18)12-4-8-5-13-15(2)7-8/h5-7H,3-4H2,1-2H3,(H,12,18). The van der Waals surface area contributed by atoms with Crippen LogP contribution in [0.1, 0.15) is 23.0 Å². The summed E-state index contributed by atoms with van der Waals surface area (Å²) in [6.45, 7) is 2.39. The lowest BCUT2D eigenvalue weighted by Gasteiger charge is -2.05. The van der Waals surface area contributed by atoms with Crippen molar-refractivity contribution < 1.29 is 9.72 Å². The van der Waals surface area contributed by atoms with Gasteiger partial charge in [-0.05, 0) is 6.92 Å². The van der Waals surface area contributed by atoms with Crippen LogP contribution in [0.5, 0.6) is 0 Å². The molecule has 2 heterocycles. The Balaban J connectivity index is 2.16. The number of hydrogen-bond acceptors (Lipinski definition) is 5. The lowest BCUT2D eigenvalue weighted by molar-refractivity contribution is -0.385. The van der Waals surface area contributed by atoms with Gasteiger partial charge in [0, 0.05) is 31.9 Å². The van der Waals surface area contributed by atoms with Crippen LogP contribution in [0.2, 0.25) is 0 Å². The fourth-order valence-electron chi connectivity index (χ4n) is 1.81. The van der Waals surface area contributed by atoms with Gasteiger partial charge >= 0.3 is 5.69 Å². The van der Waals surface area contributed by atoms with E-state index in [1.54, 1.807) is 31.0 Å². The minimum Gasteiger partial charge on any atom is -0.346 e. The summed E-state index contributed by atoms with van der Waals surface area (Å²) >= 11 is 0. The highest BCUT2D eigenvalue weighted by Gasteiger charge is 2.26. The molecule has 0 saturated carbocycles.